The van der Waals surface area contributed by atoms with E-state index in [-0.39, 0.29) is 35.7 Å². The number of ether oxygens (including phenoxy) is 2. The first kappa shape index (κ1) is 36.6. The molecule has 15 heteroatoms. The van der Waals surface area contributed by atoms with E-state index in [2.05, 4.69) is 10.1 Å². The number of morpholine rings is 1. The first-order chi connectivity index (χ1) is 23.6. The highest BCUT2D eigenvalue weighted by molar-refractivity contribution is 5.95. The van der Waals surface area contributed by atoms with Crippen LogP contribution >= 0.6 is 0 Å². The number of halogens is 10. The molecule has 5 rings (SSSR count). The van der Waals surface area contributed by atoms with Crippen LogP contribution in [0, 0.1) is 17.5 Å². The second kappa shape index (κ2) is 14.7. The van der Waals surface area contributed by atoms with E-state index < -0.39 is 64.5 Å². The Balaban J connectivity index is 1.74. The summed E-state index contributed by atoms with van der Waals surface area (Å²) in [6.07, 6.45) is -14.9. The molecule has 4 aromatic rings. The summed E-state index contributed by atoms with van der Waals surface area (Å²) in [5, 5.41) is 2.57. The van der Waals surface area contributed by atoms with Gasteiger partial charge in [0.2, 0.25) is 0 Å². The van der Waals surface area contributed by atoms with Crippen LogP contribution in [0.1, 0.15) is 38.2 Å². The highest BCUT2D eigenvalue weighted by Crippen LogP contribution is 2.39. The standard InChI is InChI=1S/C35H28F10N2O3/c36-26-16-25(17-27(18-26)50-35(44,45)32(39)40)33(19-21-4-2-1-3-5-21,46-31(48)22-6-8-30(38)28(15-22)34(41,42)43)24-7-9-29(37)23(14-24)20-47-10-12-49-13-11-47/h1-9,14-18,32H,10-13,19-20H2,(H,46,48)/t33-/m1/s1. The maximum Gasteiger partial charge on any atom is 0.461 e. The number of carbonyl (C=O) groups excluding carboxylic acids is 1. The minimum atomic E-state index is -5.20. The van der Waals surface area contributed by atoms with Gasteiger partial charge in [-0.3, -0.25) is 9.69 Å². The second-order valence-electron chi connectivity index (χ2n) is 11.5. The van der Waals surface area contributed by atoms with Crippen LogP contribution in [0.3, 0.4) is 0 Å². The van der Waals surface area contributed by atoms with Crippen molar-refractivity contribution in [1.29, 1.82) is 0 Å². The van der Waals surface area contributed by atoms with E-state index in [0.29, 0.717) is 44.0 Å². The van der Waals surface area contributed by atoms with Gasteiger partial charge in [-0.25, -0.2) is 13.2 Å². The molecule has 1 aliphatic heterocycles. The van der Waals surface area contributed by atoms with Gasteiger partial charge in [-0.2, -0.15) is 30.7 Å². The molecule has 0 spiro atoms. The molecule has 0 saturated carbocycles. The van der Waals surface area contributed by atoms with Crippen LogP contribution in [0.15, 0.2) is 84.9 Å². The monoisotopic (exact) mass is 714 g/mol. The molecule has 1 atom stereocenters. The van der Waals surface area contributed by atoms with Gasteiger partial charge in [-0.15, -0.1) is 0 Å². The zero-order valence-corrected chi connectivity index (χ0v) is 25.9. The second-order valence-corrected chi connectivity index (χ2v) is 11.5. The number of hydrogen-bond donors (Lipinski definition) is 1. The summed E-state index contributed by atoms with van der Waals surface area (Å²) < 4.78 is 149. The fraction of sp³-hybridized carbons (Fsp3) is 0.286. The van der Waals surface area contributed by atoms with Crippen LogP contribution in [0.5, 0.6) is 5.75 Å². The van der Waals surface area contributed by atoms with Gasteiger partial charge in [0.05, 0.1) is 24.3 Å². The largest absolute Gasteiger partial charge is 0.461 e. The average Bonchev–Trinajstić information content (AvgIpc) is 3.05. The molecule has 1 fully saturated rings. The molecule has 1 aliphatic rings. The van der Waals surface area contributed by atoms with Crippen molar-refractivity contribution in [3.63, 3.8) is 0 Å². The average molecular weight is 715 g/mol. The first-order valence-electron chi connectivity index (χ1n) is 15.1. The summed E-state index contributed by atoms with van der Waals surface area (Å²) in [6.45, 7) is 1.63. The predicted octanol–water partition coefficient (Wildman–Crippen LogP) is 8.11. The highest BCUT2D eigenvalue weighted by atomic mass is 19.4. The third-order valence-corrected chi connectivity index (χ3v) is 8.08. The van der Waals surface area contributed by atoms with E-state index in [1.165, 1.54) is 12.1 Å². The summed E-state index contributed by atoms with van der Waals surface area (Å²) in [7, 11) is 0. The minimum absolute atomic E-state index is 0.00897. The Morgan fingerprint density at radius 3 is 2.16 bits per heavy atom. The molecule has 50 heavy (non-hydrogen) atoms. The summed E-state index contributed by atoms with van der Waals surface area (Å²) >= 11 is 0. The van der Waals surface area contributed by atoms with Gasteiger partial charge >= 0.3 is 18.7 Å². The number of benzene rings is 4. The molecule has 1 heterocycles. The number of nitrogens with one attached hydrogen (secondary N) is 1. The smallest absolute Gasteiger partial charge is 0.428 e. The zero-order valence-electron chi connectivity index (χ0n) is 25.9. The molecule has 1 N–H and O–H groups in total. The van der Waals surface area contributed by atoms with Crippen LogP contribution in [-0.4, -0.2) is 49.6 Å². The van der Waals surface area contributed by atoms with E-state index in [1.807, 2.05) is 4.90 Å². The fourth-order valence-corrected chi connectivity index (χ4v) is 5.64. The van der Waals surface area contributed by atoms with Gasteiger partial charge in [-0.1, -0.05) is 36.4 Å². The van der Waals surface area contributed by atoms with Crippen molar-refractivity contribution in [1.82, 2.24) is 10.2 Å². The lowest BCUT2D eigenvalue weighted by Gasteiger charge is -2.37. The number of rotatable bonds is 11. The maximum atomic E-state index is 15.3. The fourth-order valence-electron chi connectivity index (χ4n) is 5.64. The van der Waals surface area contributed by atoms with Crippen molar-refractivity contribution in [3.8, 4) is 5.75 Å². The van der Waals surface area contributed by atoms with Gasteiger partial charge in [0.15, 0.2) is 0 Å². The Kier molecular flexibility index (Phi) is 10.8. The SMILES string of the molecule is O=C(N[C@@](Cc1ccccc1)(c1cc(F)cc(OC(F)(F)C(F)F)c1)c1ccc(F)c(CN2CCOCC2)c1)c1ccc(F)c(C(F)(F)F)c1. The molecule has 266 valence electrons. The number of amides is 1. The summed E-state index contributed by atoms with van der Waals surface area (Å²) in [5.41, 5.74) is -4.46. The molecule has 1 saturated heterocycles. The molecule has 0 bridgehead atoms. The molecule has 1 amide bonds. The van der Waals surface area contributed by atoms with Gasteiger partial charge in [0, 0.05) is 43.2 Å². The molecule has 0 aromatic heterocycles. The van der Waals surface area contributed by atoms with E-state index in [4.69, 9.17) is 4.74 Å². The van der Waals surface area contributed by atoms with Gasteiger partial charge < -0.3 is 14.8 Å². The van der Waals surface area contributed by atoms with Crippen molar-refractivity contribution in [2.24, 2.45) is 0 Å². The number of hydrogen-bond acceptors (Lipinski definition) is 4. The summed E-state index contributed by atoms with van der Waals surface area (Å²) in [4.78, 5) is 15.8. The van der Waals surface area contributed by atoms with E-state index >= 15 is 8.78 Å². The third kappa shape index (κ3) is 8.38. The molecule has 5 nitrogen and oxygen atoms in total. The van der Waals surface area contributed by atoms with Crippen LogP contribution in [0.25, 0.3) is 0 Å². The Hall–Kier alpha value is -4.63. The zero-order chi connectivity index (χ0) is 36.3. The van der Waals surface area contributed by atoms with Gasteiger partial charge in [0.25, 0.3) is 5.91 Å². The number of alkyl halides is 7. The predicted molar refractivity (Wildman–Crippen MR) is 160 cm³/mol. The lowest BCUT2D eigenvalue weighted by atomic mass is 9.77. The normalized spacial score (nSPS) is 15.5. The van der Waals surface area contributed by atoms with Crippen molar-refractivity contribution < 1.29 is 58.2 Å². The van der Waals surface area contributed by atoms with Gasteiger partial charge in [0.1, 0.15) is 23.2 Å². The molecule has 0 aliphatic carbocycles. The first-order valence-corrected chi connectivity index (χ1v) is 15.1. The lowest BCUT2D eigenvalue weighted by molar-refractivity contribution is -0.253. The molecule has 0 radical (unpaired) electrons. The highest BCUT2D eigenvalue weighted by Gasteiger charge is 2.45. The molecular weight excluding hydrogens is 686 g/mol. The van der Waals surface area contributed by atoms with E-state index in [1.54, 1.807) is 30.3 Å². The van der Waals surface area contributed by atoms with Crippen LogP contribution in [0.4, 0.5) is 43.9 Å². The van der Waals surface area contributed by atoms with E-state index in [0.717, 1.165) is 24.3 Å². The number of carbonyl (C=O) groups is 1. The lowest BCUT2D eigenvalue weighted by Crippen LogP contribution is -2.49. The summed E-state index contributed by atoms with van der Waals surface area (Å²) in [6, 6.07) is 14.9. The van der Waals surface area contributed by atoms with E-state index in [9.17, 15) is 39.9 Å². The topological polar surface area (TPSA) is 50.8 Å². The Morgan fingerprint density at radius 1 is 0.820 bits per heavy atom. The van der Waals surface area contributed by atoms with Crippen LogP contribution in [0.2, 0.25) is 0 Å². The summed E-state index contributed by atoms with van der Waals surface area (Å²) in [5.74, 6) is -5.95. The molecule has 0 unspecified atom stereocenters. The van der Waals surface area contributed by atoms with Crippen molar-refractivity contribution >= 4 is 5.91 Å². The van der Waals surface area contributed by atoms with Gasteiger partial charge in [-0.05, 0) is 59.2 Å². The van der Waals surface area contributed by atoms with Crippen molar-refractivity contribution in [3.05, 3.63) is 136 Å². The minimum Gasteiger partial charge on any atom is -0.428 e. The Morgan fingerprint density at radius 2 is 1.50 bits per heavy atom. The third-order valence-electron chi connectivity index (χ3n) is 8.08. The molecule has 4 aromatic carbocycles. The van der Waals surface area contributed by atoms with Crippen LogP contribution in [-0.2, 0) is 29.4 Å². The maximum absolute atomic E-state index is 15.3. The Bertz CT molecular complexity index is 1810. The Labute approximate surface area is 279 Å². The number of nitrogens with zero attached hydrogens (tertiary/aromatic N) is 1. The quantitative estimate of drug-likeness (QED) is 0.160. The molecular formula is C35H28F10N2O3. The van der Waals surface area contributed by atoms with Crippen molar-refractivity contribution in [2.45, 2.75) is 37.2 Å². The van der Waals surface area contributed by atoms with Crippen molar-refractivity contribution in [2.75, 3.05) is 26.3 Å². The van der Waals surface area contributed by atoms with Crippen LogP contribution < -0.4 is 10.1 Å².